The van der Waals surface area contributed by atoms with Crippen molar-refractivity contribution in [2.24, 2.45) is 0 Å². The summed E-state index contributed by atoms with van der Waals surface area (Å²) in [7, 11) is 0. The number of pyridine rings is 2. The van der Waals surface area contributed by atoms with Crippen LogP contribution in [0.4, 0.5) is 10.6 Å². The van der Waals surface area contributed by atoms with Gasteiger partial charge in [-0.15, -0.1) is 0 Å². The van der Waals surface area contributed by atoms with Gasteiger partial charge in [-0.2, -0.15) is 0 Å². The standard InChI is InChI=1S/C15H16BrN3O2/c1-15(2,3)21-14(20)19-13-12(7-11(16)9-18-13)10-5-4-6-17-8-10/h4-9H,1-3H3,(H,18,19,20). The van der Waals surface area contributed by atoms with Crippen LogP contribution in [0.2, 0.25) is 0 Å². The molecule has 2 heterocycles. The molecule has 0 aliphatic rings. The molecule has 0 unspecified atom stereocenters. The Morgan fingerprint density at radius 2 is 2.10 bits per heavy atom. The molecule has 0 atom stereocenters. The van der Waals surface area contributed by atoms with Crippen molar-refractivity contribution < 1.29 is 9.53 Å². The summed E-state index contributed by atoms with van der Waals surface area (Å²) in [4.78, 5) is 20.2. The fourth-order valence-corrected chi connectivity index (χ4v) is 2.01. The molecular weight excluding hydrogens is 334 g/mol. The highest BCUT2D eigenvalue weighted by molar-refractivity contribution is 9.10. The Morgan fingerprint density at radius 3 is 2.71 bits per heavy atom. The van der Waals surface area contributed by atoms with Crippen LogP contribution in [0, 0.1) is 0 Å². The Labute approximate surface area is 131 Å². The lowest BCUT2D eigenvalue weighted by molar-refractivity contribution is 0.0635. The maximum atomic E-state index is 11.9. The summed E-state index contributed by atoms with van der Waals surface area (Å²) in [5.74, 6) is 0.431. The molecule has 1 amide bonds. The van der Waals surface area contributed by atoms with E-state index < -0.39 is 11.7 Å². The fraction of sp³-hybridized carbons (Fsp3) is 0.267. The van der Waals surface area contributed by atoms with Crippen LogP contribution < -0.4 is 5.32 Å². The highest BCUT2D eigenvalue weighted by Gasteiger charge is 2.18. The summed E-state index contributed by atoms with van der Waals surface area (Å²) in [5, 5.41) is 2.67. The van der Waals surface area contributed by atoms with Crippen LogP contribution in [0.15, 0.2) is 41.3 Å². The van der Waals surface area contributed by atoms with E-state index in [1.54, 1.807) is 18.6 Å². The molecule has 0 bridgehead atoms. The summed E-state index contributed by atoms with van der Waals surface area (Å²) in [6.07, 6.45) is 4.48. The van der Waals surface area contributed by atoms with Crippen molar-refractivity contribution in [2.75, 3.05) is 5.32 Å². The van der Waals surface area contributed by atoms with E-state index in [1.165, 1.54) is 0 Å². The molecule has 0 saturated carbocycles. The number of nitrogens with zero attached hydrogens (tertiary/aromatic N) is 2. The number of rotatable bonds is 2. The van der Waals surface area contributed by atoms with E-state index in [1.807, 2.05) is 39.0 Å². The largest absolute Gasteiger partial charge is 0.444 e. The summed E-state index contributed by atoms with van der Waals surface area (Å²) in [6, 6.07) is 5.60. The first kappa shape index (κ1) is 15.4. The molecule has 2 rings (SSSR count). The molecule has 6 heteroatoms. The number of halogens is 1. The molecule has 0 aliphatic heterocycles. The van der Waals surface area contributed by atoms with Gasteiger partial charge in [-0.05, 0) is 48.8 Å². The van der Waals surface area contributed by atoms with Crippen LogP contribution in [0.25, 0.3) is 11.1 Å². The van der Waals surface area contributed by atoms with Gasteiger partial charge in [0.1, 0.15) is 11.4 Å². The zero-order chi connectivity index (χ0) is 15.5. The molecule has 0 radical (unpaired) electrons. The van der Waals surface area contributed by atoms with Crippen molar-refractivity contribution >= 4 is 27.8 Å². The normalized spacial score (nSPS) is 11.0. The third-order valence-corrected chi connectivity index (χ3v) is 2.88. The van der Waals surface area contributed by atoms with Gasteiger partial charge in [0.25, 0.3) is 0 Å². The van der Waals surface area contributed by atoms with E-state index in [9.17, 15) is 4.79 Å². The number of carbonyl (C=O) groups is 1. The zero-order valence-electron chi connectivity index (χ0n) is 12.1. The van der Waals surface area contributed by atoms with Crippen molar-refractivity contribution in [1.82, 2.24) is 9.97 Å². The van der Waals surface area contributed by atoms with E-state index in [4.69, 9.17) is 4.74 Å². The maximum absolute atomic E-state index is 11.9. The van der Waals surface area contributed by atoms with Gasteiger partial charge in [0, 0.05) is 34.2 Å². The Bertz CT molecular complexity index is 639. The zero-order valence-corrected chi connectivity index (χ0v) is 13.6. The van der Waals surface area contributed by atoms with E-state index >= 15 is 0 Å². The number of carbonyl (C=O) groups excluding carboxylic acids is 1. The Balaban J connectivity index is 2.30. The minimum Gasteiger partial charge on any atom is -0.444 e. The lowest BCUT2D eigenvalue weighted by Gasteiger charge is -2.20. The van der Waals surface area contributed by atoms with E-state index in [0.717, 1.165) is 15.6 Å². The molecule has 0 saturated heterocycles. The first-order chi connectivity index (χ1) is 9.85. The predicted molar refractivity (Wildman–Crippen MR) is 85.0 cm³/mol. The SMILES string of the molecule is CC(C)(C)OC(=O)Nc1ncc(Br)cc1-c1cccnc1. The van der Waals surface area contributed by atoms with Gasteiger partial charge in [0.15, 0.2) is 0 Å². The number of hydrogen-bond acceptors (Lipinski definition) is 4. The fourth-order valence-electron chi connectivity index (χ4n) is 1.68. The third kappa shape index (κ3) is 4.53. The second kappa shape index (κ2) is 6.22. The van der Waals surface area contributed by atoms with Gasteiger partial charge < -0.3 is 4.74 Å². The van der Waals surface area contributed by atoms with Crippen molar-refractivity contribution in [3.8, 4) is 11.1 Å². The minimum absolute atomic E-state index is 0.431. The molecule has 0 fully saturated rings. The van der Waals surface area contributed by atoms with Crippen LogP contribution in [0.3, 0.4) is 0 Å². The number of ether oxygens (including phenoxy) is 1. The molecular formula is C15H16BrN3O2. The number of nitrogens with one attached hydrogen (secondary N) is 1. The highest BCUT2D eigenvalue weighted by Crippen LogP contribution is 2.28. The van der Waals surface area contributed by atoms with Crippen molar-refractivity contribution in [1.29, 1.82) is 0 Å². The lowest BCUT2D eigenvalue weighted by Crippen LogP contribution is -2.27. The van der Waals surface area contributed by atoms with Crippen LogP contribution in [0.1, 0.15) is 20.8 Å². The molecule has 0 spiro atoms. The molecule has 1 N–H and O–H groups in total. The first-order valence-electron chi connectivity index (χ1n) is 6.41. The Kier molecular flexibility index (Phi) is 4.57. The lowest BCUT2D eigenvalue weighted by atomic mass is 10.1. The average molecular weight is 350 g/mol. The van der Waals surface area contributed by atoms with Crippen molar-refractivity contribution in [2.45, 2.75) is 26.4 Å². The maximum Gasteiger partial charge on any atom is 0.413 e. The van der Waals surface area contributed by atoms with Crippen LogP contribution in [-0.4, -0.2) is 21.7 Å². The molecule has 110 valence electrons. The number of anilines is 1. The Hall–Kier alpha value is -1.95. The van der Waals surface area contributed by atoms with E-state index in [0.29, 0.717) is 5.82 Å². The molecule has 2 aromatic heterocycles. The van der Waals surface area contributed by atoms with Gasteiger partial charge in [-0.3, -0.25) is 10.3 Å². The van der Waals surface area contributed by atoms with Gasteiger partial charge >= 0.3 is 6.09 Å². The third-order valence-electron chi connectivity index (χ3n) is 2.45. The average Bonchev–Trinajstić information content (AvgIpc) is 2.40. The summed E-state index contributed by atoms with van der Waals surface area (Å²) in [5.41, 5.74) is 1.06. The minimum atomic E-state index is -0.562. The molecule has 0 aromatic carbocycles. The first-order valence-corrected chi connectivity index (χ1v) is 7.20. The summed E-state index contributed by atoms with van der Waals surface area (Å²) in [6.45, 7) is 5.43. The molecule has 2 aromatic rings. The molecule has 0 aliphatic carbocycles. The smallest absolute Gasteiger partial charge is 0.413 e. The van der Waals surface area contributed by atoms with Crippen LogP contribution in [0.5, 0.6) is 0 Å². The van der Waals surface area contributed by atoms with Gasteiger partial charge in [0.05, 0.1) is 0 Å². The van der Waals surface area contributed by atoms with Gasteiger partial charge in [-0.1, -0.05) is 6.07 Å². The van der Waals surface area contributed by atoms with E-state index in [-0.39, 0.29) is 0 Å². The Morgan fingerprint density at radius 1 is 1.33 bits per heavy atom. The second-order valence-electron chi connectivity index (χ2n) is 5.42. The van der Waals surface area contributed by atoms with Crippen molar-refractivity contribution in [3.63, 3.8) is 0 Å². The number of hydrogen-bond donors (Lipinski definition) is 1. The summed E-state index contributed by atoms with van der Waals surface area (Å²) >= 11 is 3.38. The summed E-state index contributed by atoms with van der Waals surface area (Å²) < 4.78 is 6.06. The quantitative estimate of drug-likeness (QED) is 0.879. The number of aromatic nitrogens is 2. The number of amides is 1. The van der Waals surface area contributed by atoms with E-state index in [2.05, 4.69) is 31.2 Å². The predicted octanol–water partition coefficient (Wildman–Crippen LogP) is 4.25. The molecule has 5 nitrogen and oxygen atoms in total. The monoisotopic (exact) mass is 349 g/mol. The van der Waals surface area contributed by atoms with Gasteiger partial charge in [-0.25, -0.2) is 9.78 Å². The topological polar surface area (TPSA) is 64.1 Å². The van der Waals surface area contributed by atoms with Crippen LogP contribution in [-0.2, 0) is 4.74 Å². The second-order valence-corrected chi connectivity index (χ2v) is 6.33. The highest BCUT2D eigenvalue weighted by atomic mass is 79.9. The van der Waals surface area contributed by atoms with Crippen LogP contribution >= 0.6 is 15.9 Å². The van der Waals surface area contributed by atoms with Gasteiger partial charge in [0.2, 0.25) is 0 Å². The molecule has 21 heavy (non-hydrogen) atoms. The van der Waals surface area contributed by atoms with Crippen molar-refractivity contribution in [3.05, 3.63) is 41.3 Å².